The van der Waals surface area contributed by atoms with Crippen molar-refractivity contribution in [3.05, 3.63) is 23.8 Å². The van der Waals surface area contributed by atoms with E-state index in [2.05, 4.69) is 16.7 Å². The van der Waals surface area contributed by atoms with Crippen LogP contribution >= 0.6 is 0 Å². The molecule has 1 saturated heterocycles. The number of nitrogens with zero attached hydrogens (tertiary/aromatic N) is 2. The minimum Gasteiger partial charge on any atom is -0.508 e. The maximum absolute atomic E-state index is 9.83. The normalized spacial score (nSPS) is 21.2. The average Bonchev–Trinajstić information content (AvgIpc) is 2.42. The first-order chi connectivity index (χ1) is 9.60. The van der Waals surface area contributed by atoms with Gasteiger partial charge < -0.3 is 14.9 Å². The van der Waals surface area contributed by atoms with Gasteiger partial charge in [0.2, 0.25) is 0 Å². The summed E-state index contributed by atoms with van der Waals surface area (Å²) in [5.74, 6) is 0.446. The van der Waals surface area contributed by atoms with E-state index in [0.29, 0.717) is 12.6 Å². The molecule has 20 heavy (non-hydrogen) atoms. The molecule has 1 heterocycles. The van der Waals surface area contributed by atoms with Gasteiger partial charge in [-0.1, -0.05) is 0 Å². The van der Waals surface area contributed by atoms with Gasteiger partial charge in [-0.15, -0.1) is 0 Å². The molecule has 112 valence electrons. The first-order valence-corrected chi connectivity index (χ1v) is 7.06. The van der Waals surface area contributed by atoms with Crippen molar-refractivity contribution >= 4 is 0 Å². The number of phenols is 2. The topological polar surface area (TPSA) is 56.2 Å². The fourth-order valence-electron chi connectivity index (χ4n) is 2.69. The van der Waals surface area contributed by atoms with Gasteiger partial charge >= 0.3 is 0 Å². The highest BCUT2D eigenvalue weighted by molar-refractivity contribution is 5.38. The zero-order valence-electron chi connectivity index (χ0n) is 12.2. The van der Waals surface area contributed by atoms with Gasteiger partial charge in [0.05, 0.1) is 6.61 Å². The number of aromatic hydroxyl groups is 2. The first-order valence-electron chi connectivity index (χ1n) is 7.06. The van der Waals surface area contributed by atoms with Crippen LogP contribution in [0.5, 0.6) is 11.5 Å². The Balaban J connectivity index is 1.91. The van der Waals surface area contributed by atoms with Crippen molar-refractivity contribution in [3.8, 4) is 11.5 Å². The van der Waals surface area contributed by atoms with Crippen LogP contribution < -0.4 is 0 Å². The monoisotopic (exact) mass is 280 g/mol. The quantitative estimate of drug-likeness (QED) is 0.795. The molecule has 0 radical (unpaired) electrons. The van der Waals surface area contributed by atoms with Gasteiger partial charge in [0.25, 0.3) is 0 Å². The van der Waals surface area contributed by atoms with E-state index in [-0.39, 0.29) is 11.5 Å². The lowest BCUT2D eigenvalue weighted by molar-refractivity contribution is 0.0554. The molecule has 5 heteroatoms. The Labute approximate surface area is 120 Å². The highest BCUT2D eigenvalue weighted by Crippen LogP contribution is 2.24. The summed E-state index contributed by atoms with van der Waals surface area (Å²) in [5, 5.41) is 19.3. The zero-order chi connectivity index (χ0) is 14.5. The Bertz CT molecular complexity index is 439. The second kappa shape index (κ2) is 6.92. The van der Waals surface area contributed by atoms with Crippen LogP contribution in [0.1, 0.15) is 12.5 Å². The SMILES string of the molecule is COCCN1CCN(Cc2cc(O)ccc2O)CC1C. The maximum atomic E-state index is 9.83. The van der Waals surface area contributed by atoms with Gasteiger partial charge in [-0.2, -0.15) is 0 Å². The van der Waals surface area contributed by atoms with Crippen LogP contribution in [0, 0.1) is 0 Å². The van der Waals surface area contributed by atoms with Crippen molar-refractivity contribution in [2.75, 3.05) is 39.9 Å². The average molecular weight is 280 g/mol. The fraction of sp³-hybridized carbons (Fsp3) is 0.600. The molecule has 1 aromatic rings. The molecular weight excluding hydrogens is 256 g/mol. The smallest absolute Gasteiger partial charge is 0.120 e. The lowest BCUT2D eigenvalue weighted by Crippen LogP contribution is -2.52. The summed E-state index contributed by atoms with van der Waals surface area (Å²) in [7, 11) is 1.73. The van der Waals surface area contributed by atoms with Gasteiger partial charge in [-0.3, -0.25) is 9.80 Å². The van der Waals surface area contributed by atoms with Gasteiger partial charge in [0.15, 0.2) is 0 Å². The van der Waals surface area contributed by atoms with Crippen LogP contribution in [0.4, 0.5) is 0 Å². The third-order valence-corrected chi connectivity index (χ3v) is 3.89. The van der Waals surface area contributed by atoms with Crippen molar-refractivity contribution in [1.82, 2.24) is 9.80 Å². The molecule has 2 N–H and O–H groups in total. The van der Waals surface area contributed by atoms with Crippen molar-refractivity contribution in [2.24, 2.45) is 0 Å². The maximum Gasteiger partial charge on any atom is 0.120 e. The number of phenolic OH excluding ortho intramolecular Hbond substituents is 2. The third kappa shape index (κ3) is 3.85. The Morgan fingerprint density at radius 3 is 2.80 bits per heavy atom. The third-order valence-electron chi connectivity index (χ3n) is 3.89. The summed E-state index contributed by atoms with van der Waals surface area (Å²) in [4.78, 5) is 4.73. The highest BCUT2D eigenvalue weighted by atomic mass is 16.5. The molecule has 1 fully saturated rings. The minimum atomic E-state index is 0.199. The Hall–Kier alpha value is -1.30. The molecule has 1 aliphatic heterocycles. The molecule has 1 atom stereocenters. The van der Waals surface area contributed by atoms with Crippen molar-refractivity contribution in [3.63, 3.8) is 0 Å². The zero-order valence-corrected chi connectivity index (χ0v) is 12.2. The number of methoxy groups -OCH3 is 1. The Kier molecular flexibility index (Phi) is 5.23. The van der Waals surface area contributed by atoms with E-state index in [9.17, 15) is 10.2 Å². The van der Waals surface area contributed by atoms with E-state index in [1.54, 1.807) is 19.2 Å². The molecule has 0 saturated carbocycles. The minimum absolute atomic E-state index is 0.199. The lowest BCUT2D eigenvalue weighted by atomic mass is 10.1. The molecule has 1 aromatic carbocycles. The summed E-state index contributed by atoms with van der Waals surface area (Å²) < 4.78 is 5.13. The molecular formula is C15H24N2O3. The number of hydrogen-bond acceptors (Lipinski definition) is 5. The number of piperazine rings is 1. The summed E-state index contributed by atoms with van der Waals surface area (Å²) in [5.41, 5.74) is 0.780. The van der Waals surface area contributed by atoms with Gasteiger partial charge in [-0.25, -0.2) is 0 Å². The van der Waals surface area contributed by atoms with Crippen LogP contribution in [0.3, 0.4) is 0 Å². The van der Waals surface area contributed by atoms with Gasteiger partial charge in [0, 0.05) is 51.4 Å². The molecule has 0 spiro atoms. The predicted octanol–water partition coefficient (Wildman–Crippen LogP) is 1.25. The largest absolute Gasteiger partial charge is 0.508 e. The summed E-state index contributed by atoms with van der Waals surface area (Å²) in [6.45, 7) is 7.53. The molecule has 1 unspecified atom stereocenters. The fourth-order valence-corrected chi connectivity index (χ4v) is 2.69. The molecule has 0 bridgehead atoms. The van der Waals surface area contributed by atoms with Gasteiger partial charge in [0.1, 0.15) is 11.5 Å². The molecule has 5 nitrogen and oxygen atoms in total. The number of ether oxygens (including phenoxy) is 1. The lowest BCUT2D eigenvalue weighted by Gasteiger charge is -2.39. The molecule has 1 aliphatic rings. The van der Waals surface area contributed by atoms with E-state index in [1.807, 2.05) is 0 Å². The standard InChI is InChI=1S/C15H24N2O3/c1-12-10-16(5-6-17(12)7-8-20-2)11-13-9-14(18)3-4-15(13)19/h3-4,9,12,18-19H,5-8,10-11H2,1-2H3. The second-order valence-electron chi connectivity index (χ2n) is 5.43. The molecule has 0 aromatic heterocycles. The number of benzene rings is 1. The first kappa shape index (κ1) is 15.1. The number of hydrogen-bond donors (Lipinski definition) is 2. The van der Waals surface area contributed by atoms with Crippen LogP contribution in [-0.4, -0.2) is 66.0 Å². The van der Waals surface area contributed by atoms with Crippen LogP contribution in [0.15, 0.2) is 18.2 Å². The summed E-state index contributed by atoms with van der Waals surface area (Å²) >= 11 is 0. The van der Waals surface area contributed by atoms with Crippen LogP contribution in [-0.2, 0) is 11.3 Å². The summed E-state index contributed by atoms with van der Waals surface area (Å²) in [6, 6.07) is 5.16. The van der Waals surface area contributed by atoms with Crippen molar-refractivity contribution in [1.29, 1.82) is 0 Å². The molecule has 0 aliphatic carbocycles. The molecule has 0 amide bonds. The Morgan fingerprint density at radius 2 is 2.10 bits per heavy atom. The van der Waals surface area contributed by atoms with Crippen LogP contribution in [0.2, 0.25) is 0 Å². The predicted molar refractivity (Wildman–Crippen MR) is 78.0 cm³/mol. The molecule has 2 rings (SSSR count). The second-order valence-corrected chi connectivity index (χ2v) is 5.43. The van der Waals surface area contributed by atoms with E-state index in [4.69, 9.17) is 4.74 Å². The highest BCUT2D eigenvalue weighted by Gasteiger charge is 2.23. The van der Waals surface area contributed by atoms with E-state index in [1.165, 1.54) is 6.07 Å². The van der Waals surface area contributed by atoms with E-state index in [0.717, 1.165) is 38.3 Å². The van der Waals surface area contributed by atoms with E-state index < -0.39 is 0 Å². The van der Waals surface area contributed by atoms with Crippen molar-refractivity contribution in [2.45, 2.75) is 19.5 Å². The van der Waals surface area contributed by atoms with E-state index >= 15 is 0 Å². The Morgan fingerprint density at radius 1 is 1.30 bits per heavy atom. The number of rotatable bonds is 5. The summed E-state index contributed by atoms with van der Waals surface area (Å²) in [6.07, 6.45) is 0. The van der Waals surface area contributed by atoms with Crippen LogP contribution in [0.25, 0.3) is 0 Å². The van der Waals surface area contributed by atoms with Crippen molar-refractivity contribution < 1.29 is 14.9 Å². The van der Waals surface area contributed by atoms with Gasteiger partial charge in [-0.05, 0) is 25.1 Å².